The quantitative estimate of drug-likeness (QED) is 0.557. The number of ether oxygens (including phenoxy) is 2. The molecular formula is C15H12Cl2O5S. The number of furan rings is 1. The zero-order valence-electron chi connectivity index (χ0n) is 12.0. The van der Waals surface area contributed by atoms with Crippen molar-refractivity contribution in [3.8, 4) is 0 Å². The van der Waals surface area contributed by atoms with E-state index in [1.54, 1.807) is 18.2 Å². The van der Waals surface area contributed by atoms with E-state index < -0.39 is 11.9 Å². The third-order valence-electron chi connectivity index (χ3n) is 2.75. The van der Waals surface area contributed by atoms with Gasteiger partial charge in [-0.3, -0.25) is 4.79 Å². The SMILES string of the molecule is COC(=O)c1ccoc1COC(=O)CSc1cc(Cl)ccc1Cl. The standard InChI is InChI=1S/C15H12Cl2O5S/c1-20-15(19)10-4-5-21-12(10)7-22-14(18)8-23-13-6-9(16)2-3-11(13)17/h2-6H,7-8H2,1H3. The molecule has 0 N–H and O–H groups in total. The highest BCUT2D eigenvalue weighted by molar-refractivity contribution is 8.00. The summed E-state index contributed by atoms with van der Waals surface area (Å²) in [7, 11) is 1.26. The lowest BCUT2D eigenvalue weighted by Crippen LogP contribution is -2.09. The number of thioether (sulfide) groups is 1. The van der Waals surface area contributed by atoms with Gasteiger partial charge in [0.25, 0.3) is 0 Å². The molecular weight excluding hydrogens is 363 g/mol. The molecule has 0 aliphatic rings. The third kappa shape index (κ3) is 4.92. The van der Waals surface area contributed by atoms with Crippen LogP contribution in [0.5, 0.6) is 0 Å². The molecule has 8 heteroatoms. The molecule has 5 nitrogen and oxygen atoms in total. The highest BCUT2D eigenvalue weighted by Gasteiger charge is 2.17. The first-order valence-corrected chi connectivity index (χ1v) is 8.13. The first kappa shape index (κ1) is 17.7. The van der Waals surface area contributed by atoms with Gasteiger partial charge in [0.1, 0.15) is 12.2 Å². The van der Waals surface area contributed by atoms with Crippen molar-refractivity contribution in [1.82, 2.24) is 0 Å². The van der Waals surface area contributed by atoms with Gasteiger partial charge in [0.15, 0.2) is 5.76 Å². The zero-order chi connectivity index (χ0) is 16.8. The van der Waals surface area contributed by atoms with Crippen molar-refractivity contribution >= 4 is 46.9 Å². The molecule has 0 saturated heterocycles. The number of carbonyl (C=O) groups excluding carboxylic acids is 2. The fraction of sp³-hybridized carbons (Fsp3) is 0.200. The predicted molar refractivity (Wildman–Crippen MR) is 87.0 cm³/mol. The Morgan fingerprint density at radius 1 is 1.26 bits per heavy atom. The van der Waals surface area contributed by atoms with Crippen LogP contribution in [-0.2, 0) is 20.9 Å². The van der Waals surface area contributed by atoms with E-state index in [0.29, 0.717) is 14.9 Å². The number of rotatable bonds is 6. The Bertz CT molecular complexity index is 714. The van der Waals surface area contributed by atoms with Crippen LogP contribution in [0.25, 0.3) is 0 Å². The zero-order valence-corrected chi connectivity index (χ0v) is 14.3. The first-order valence-electron chi connectivity index (χ1n) is 6.39. The second kappa shape index (κ2) is 8.29. The van der Waals surface area contributed by atoms with E-state index in [4.69, 9.17) is 32.4 Å². The lowest BCUT2D eigenvalue weighted by Gasteiger charge is -2.06. The van der Waals surface area contributed by atoms with Crippen molar-refractivity contribution in [2.24, 2.45) is 0 Å². The molecule has 2 aromatic rings. The summed E-state index contributed by atoms with van der Waals surface area (Å²) < 4.78 is 14.8. The number of hydrogen-bond acceptors (Lipinski definition) is 6. The van der Waals surface area contributed by atoms with Gasteiger partial charge in [0.2, 0.25) is 0 Å². The summed E-state index contributed by atoms with van der Waals surface area (Å²) in [6.07, 6.45) is 1.33. The van der Waals surface area contributed by atoms with Crippen molar-refractivity contribution in [3.05, 3.63) is 51.9 Å². The minimum Gasteiger partial charge on any atom is -0.465 e. The minimum absolute atomic E-state index is 0.0499. The third-order valence-corrected chi connectivity index (χ3v) is 4.46. The van der Waals surface area contributed by atoms with Gasteiger partial charge in [0.05, 0.1) is 24.1 Å². The van der Waals surface area contributed by atoms with E-state index in [9.17, 15) is 9.59 Å². The number of carbonyl (C=O) groups is 2. The Morgan fingerprint density at radius 3 is 2.78 bits per heavy atom. The van der Waals surface area contributed by atoms with Gasteiger partial charge < -0.3 is 13.9 Å². The van der Waals surface area contributed by atoms with Gasteiger partial charge in [-0.05, 0) is 24.3 Å². The van der Waals surface area contributed by atoms with E-state index in [1.807, 2.05) is 0 Å². The molecule has 2 rings (SSSR count). The number of esters is 2. The Hall–Kier alpha value is -1.63. The predicted octanol–water partition coefficient (Wildman–Crippen LogP) is 4.21. The average Bonchev–Trinajstić information content (AvgIpc) is 3.01. The van der Waals surface area contributed by atoms with Crippen LogP contribution in [0.15, 0.2) is 39.8 Å². The molecule has 0 amide bonds. The molecule has 0 fully saturated rings. The van der Waals surface area contributed by atoms with Gasteiger partial charge in [0, 0.05) is 9.92 Å². The van der Waals surface area contributed by atoms with E-state index in [0.717, 1.165) is 0 Å². The van der Waals surface area contributed by atoms with Gasteiger partial charge >= 0.3 is 11.9 Å². The maximum absolute atomic E-state index is 11.8. The maximum atomic E-state index is 11.8. The molecule has 1 aromatic heterocycles. The highest BCUT2D eigenvalue weighted by Crippen LogP contribution is 2.29. The van der Waals surface area contributed by atoms with Gasteiger partial charge in [-0.25, -0.2) is 4.79 Å². The molecule has 0 aliphatic heterocycles. The Labute approximate surface area is 146 Å². The molecule has 0 bridgehead atoms. The summed E-state index contributed by atoms with van der Waals surface area (Å²) in [5.74, 6) is -0.743. The monoisotopic (exact) mass is 374 g/mol. The lowest BCUT2D eigenvalue weighted by atomic mass is 10.2. The molecule has 0 radical (unpaired) electrons. The molecule has 0 atom stereocenters. The van der Waals surface area contributed by atoms with Crippen molar-refractivity contribution < 1.29 is 23.5 Å². The van der Waals surface area contributed by atoms with Crippen LogP contribution in [0, 0.1) is 0 Å². The second-order valence-electron chi connectivity index (χ2n) is 4.27. The highest BCUT2D eigenvalue weighted by atomic mass is 35.5. The summed E-state index contributed by atoms with van der Waals surface area (Å²) in [6.45, 7) is -0.153. The van der Waals surface area contributed by atoms with Crippen LogP contribution in [-0.4, -0.2) is 24.8 Å². The molecule has 0 aliphatic carbocycles. The van der Waals surface area contributed by atoms with Crippen LogP contribution in [0.1, 0.15) is 16.1 Å². The van der Waals surface area contributed by atoms with Crippen LogP contribution in [0.4, 0.5) is 0 Å². The molecule has 0 unspecified atom stereocenters. The van der Waals surface area contributed by atoms with E-state index in [2.05, 4.69) is 4.74 Å². The topological polar surface area (TPSA) is 65.7 Å². The normalized spacial score (nSPS) is 10.4. The van der Waals surface area contributed by atoms with Crippen molar-refractivity contribution in [2.45, 2.75) is 11.5 Å². The Balaban J connectivity index is 1.87. The fourth-order valence-electron chi connectivity index (χ4n) is 1.66. The van der Waals surface area contributed by atoms with Gasteiger partial charge in [-0.1, -0.05) is 23.2 Å². The number of hydrogen-bond donors (Lipinski definition) is 0. The first-order chi connectivity index (χ1) is 11.0. The molecule has 1 heterocycles. The van der Waals surface area contributed by atoms with Gasteiger partial charge in [-0.2, -0.15) is 0 Å². The molecule has 0 saturated carbocycles. The van der Waals surface area contributed by atoms with Crippen molar-refractivity contribution in [3.63, 3.8) is 0 Å². The minimum atomic E-state index is -0.551. The van der Waals surface area contributed by atoms with E-state index in [1.165, 1.54) is 31.2 Å². The summed E-state index contributed by atoms with van der Waals surface area (Å²) in [5, 5.41) is 1.04. The number of methoxy groups -OCH3 is 1. The second-order valence-corrected chi connectivity index (χ2v) is 6.13. The summed E-state index contributed by atoms with van der Waals surface area (Å²) in [5.41, 5.74) is 0.228. The number of benzene rings is 1. The summed E-state index contributed by atoms with van der Waals surface area (Å²) in [6, 6.07) is 6.44. The van der Waals surface area contributed by atoms with Crippen LogP contribution in [0.3, 0.4) is 0 Å². The number of halogens is 2. The maximum Gasteiger partial charge on any atom is 0.341 e. The van der Waals surface area contributed by atoms with Crippen molar-refractivity contribution in [1.29, 1.82) is 0 Å². The fourth-order valence-corrected chi connectivity index (χ4v) is 2.95. The van der Waals surface area contributed by atoms with Crippen LogP contribution < -0.4 is 0 Å². The lowest BCUT2D eigenvalue weighted by molar-refractivity contribution is -0.142. The molecule has 23 heavy (non-hydrogen) atoms. The van der Waals surface area contributed by atoms with Crippen molar-refractivity contribution in [2.75, 3.05) is 12.9 Å². The summed E-state index contributed by atoms with van der Waals surface area (Å²) >= 11 is 13.1. The van der Waals surface area contributed by atoms with Crippen LogP contribution >= 0.6 is 35.0 Å². The Morgan fingerprint density at radius 2 is 2.04 bits per heavy atom. The van der Waals surface area contributed by atoms with E-state index >= 15 is 0 Å². The van der Waals surface area contributed by atoms with Gasteiger partial charge in [-0.15, -0.1) is 11.8 Å². The largest absolute Gasteiger partial charge is 0.465 e. The summed E-state index contributed by atoms with van der Waals surface area (Å²) in [4.78, 5) is 23.9. The molecule has 0 spiro atoms. The van der Waals surface area contributed by atoms with E-state index in [-0.39, 0.29) is 23.7 Å². The van der Waals surface area contributed by atoms with Crippen LogP contribution in [0.2, 0.25) is 10.0 Å². The smallest absolute Gasteiger partial charge is 0.341 e. The molecule has 1 aromatic carbocycles. The molecule has 122 valence electrons. The Kier molecular flexibility index (Phi) is 6.38. The average molecular weight is 375 g/mol.